The average Bonchev–Trinajstić information content (AvgIpc) is 2.65. The van der Waals surface area contributed by atoms with E-state index in [-0.39, 0.29) is 5.91 Å². The quantitative estimate of drug-likeness (QED) is 0.742. The summed E-state index contributed by atoms with van der Waals surface area (Å²) in [5, 5.41) is 0.438. The van der Waals surface area contributed by atoms with Crippen LogP contribution in [0.4, 0.5) is 0 Å². The lowest BCUT2D eigenvalue weighted by Crippen LogP contribution is -2.49. The number of carbonyl (C=O) groups excluding carboxylic acids is 1. The van der Waals surface area contributed by atoms with Crippen molar-refractivity contribution in [3.05, 3.63) is 22.7 Å². The van der Waals surface area contributed by atoms with E-state index in [1.165, 1.54) is 25.7 Å². The van der Waals surface area contributed by atoms with Crippen molar-refractivity contribution in [3.8, 4) is 11.5 Å². The predicted octanol–water partition coefficient (Wildman–Crippen LogP) is 4.93. The molecule has 0 radical (unpaired) electrons. The molecule has 1 aromatic rings. The summed E-state index contributed by atoms with van der Waals surface area (Å²) in [5.74, 6) is 1.79. The minimum atomic E-state index is 0.0684. The Bertz CT molecular complexity index is 617. The van der Waals surface area contributed by atoms with E-state index in [1.54, 1.807) is 19.2 Å². The van der Waals surface area contributed by atoms with Gasteiger partial charge in [-0.05, 0) is 50.2 Å². The first-order chi connectivity index (χ1) is 12.2. The van der Waals surface area contributed by atoms with Gasteiger partial charge in [-0.15, -0.1) is 0 Å². The second-order valence-corrected chi connectivity index (χ2v) is 7.50. The van der Waals surface area contributed by atoms with Crippen molar-refractivity contribution >= 4 is 17.5 Å². The zero-order chi connectivity index (χ0) is 17.8. The molecular formula is C20H28ClNO3. The van der Waals surface area contributed by atoms with Gasteiger partial charge in [-0.1, -0.05) is 31.4 Å². The monoisotopic (exact) mass is 365 g/mol. The first-order valence-electron chi connectivity index (χ1n) is 9.47. The number of amides is 1. The zero-order valence-electron chi connectivity index (χ0n) is 15.2. The minimum absolute atomic E-state index is 0.0684. The van der Waals surface area contributed by atoms with E-state index in [2.05, 4.69) is 4.90 Å². The molecule has 1 aromatic carbocycles. The summed E-state index contributed by atoms with van der Waals surface area (Å²) in [4.78, 5) is 15.2. The van der Waals surface area contributed by atoms with Gasteiger partial charge in [0.15, 0.2) is 11.5 Å². The molecule has 2 aliphatic rings. The van der Waals surface area contributed by atoms with E-state index >= 15 is 0 Å². The molecule has 1 saturated heterocycles. The molecule has 25 heavy (non-hydrogen) atoms. The van der Waals surface area contributed by atoms with Crippen LogP contribution in [0.3, 0.4) is 0 Å². The Hall–Kier alpha value is -1.42. The molecule has 0 aromatic heterocycles. The van der Waals surface area contributed by atoms with Gasteiger partial charge in [-0.2, -0.15) is 0 Å². The Kier molecular flexibility index (Phi) is 6.10. The van der Waals surface area contributed by atoms with Crippen molar-refractivity contribution in [2.75, 3.05) is 20.3 Å². The molecule has 4 nitrogen and oxygen atoms in total. The van der Waals surface area contributed by atoms with Crippen LogP contribution in [0.5, 0.6) is 11.5 Å². The molecule has 2 atom stereocenters. The van der Waals surface area contributed by atoms with Gasteiger partial charge < -0.3 is 14.4 Å². The third-order valence-electron chi connectivity index (χ3n) is 5.43. The van der Waals surface area contributed by atoms with Crippen molar-refractivity contribution in [3.63, 3.8) is 0 Å². The Morgan fingerprint density at radius 3 is 2.76 bits per heavy atom. The molecule has 1 heterocycles. The number of carbonyl (C=O) groups is 1. The Balaban J connectivity index is 1.85. The maximum absolute atomic E-state index is 13.2. The average molecular weight is 366 g/mol. The van der Waals surface area contributed by atoms with Gasteiger partial charge in [-0.25, -0.2) is 0 Å². The Labute approximate surface area is 155 Å². The van der Waals surface area contributed by atoms with E-state index < -0.39 is 0 Å². The second kappa shape index (κ2) is 8.31. The molecule has 1 saturated carbocycles. The summed E-state index contributed by atoms with van der Waals surface area (Å²) in [6.07, 6.45) is 8.13. The van der Waals surface area contributed by atoms with Gasteiger partial charge in [0.1, 0.15) is 0 Å². The van der Waals surface area contributed by atoms with Crippen molar-refractivity contribution in [1.82, 2.24) is 4.90 Å². The molecule has 0 bridgehead atoms. The highest BCUT2D eigenvalue weighted by atomic mass is 35.5. The number of hydrogen-bond donors (Lipinski definition) is 0. The van der Waals surface area contributed by atoms with E-state index in [9.17, 15) is 4.79 Å². The van der Waals surface area contributed by atoms with Gasteiger partial charge in [-0.3, -0.25) is 4.79 Å². The number of benzene rings is 1. The molecule has 0 N–H and O–H groups in total. The molecule has 2 unspecified atom stereocenters. The topological polar surface area (TPSA) is 38.8 Å². The molecule has 2 fully saturated rings. The zero-order valence-corrected chi connectivity index (χ0v) is 16.0. The SMILES string of the molecule is CCCOc1c(Cl)cc(C(=O)N2CCCC3CCCCC32)cc1OC. The fourth-order valence-corrected chi connectivity index (χ4v) is 4.50. The van der Waals surface area contributed by atoms with Crippen LogP contribution in [-0.4, -0.2) is 37.1 Å². The number of halogens is 1. The number of ether oxygens (including phenoxy) is 2. The first kappa shape index (κ1) is 18.4. The molecule has 3 rings (SSSR count). The summed E-state index contributed by atoms with van der Waals surface area (Å²) in [6.45, 7) is 3.45. The summed E-state index contributed by atoms with van der Waals surface area (Å²) in [7, 11) is 1.58. The number of fused-ring (bicyclic) bond motifs is 1. The van der Waals surface area contributed by atoms with E-state index in [0.29, 0.717) is 40.7 Å². The number of hydrogen-bond acceptors (Lipinski definition) is 3. The fraction of sp³-hybridized carbons (Fsp3) is 0.650. The number of piperidine rings is 1. The highest BCUT2D eigenvalue weighted by Crippen LogP contribution is 2.39. The maximum atomic E-state index is 13.2. The molecule has 1 aliphatic carbocycles. The van der Waals surface area contributed by atoms with Gasteiger partial charge in [0, 0.05) is 18.2 Å². The minimum Gasteiger partial charge on any atom is -0.493 e. The Morgan fingerprint density at radius 1 is 1.24 bits per heavy atom. The maximum Gasteiger partial charge on any atom is 0.254 e. The molecule has 1 aliphatic heterocycles. The summed E-state index contributed by atoms with van der Waals surface area (Å²) in [5.41, 5.74) is 0.594. The van der Waals surface area contributed by atoms with Crippen molar-refractivity contribution < 1.29 is 14.3 Å². The standard InChI is InChI=1S/C20H28ClNO3/c1-3-11-25-19-16(21)12-15(13-18(19)24-2)20(23)22-10-6-8-14-7-4-5-9-17(14)22/h12-14,17H,3-11H2,1-2H3. The number of methoxy groups -OCH3 is 1. The first-order valence-corrected chi connectivity index (χ1v) is 9.84. The molecule has 1 amide bonds. The van der Waals surface area contributed by atoms with Crippen LogP contribution in [0, 0.1) is 5.92 Å². The van der Waals surface area contributed by atoms with Gasteiger partial charge in [0.25, 0.3) is 5.91 Å². The third-order valence-corrected chi connectivity index (χ3v) is 5.71. The van der Waals surface area contributed by atoms with Crippen LogP contribution in [0.2, 0.25) is 5.02 Å². The molecule has 138 valence electrons. The van der Waals surface area contributed by atoms with Crippen LogP contribution in [-0.2, 0) is 0 Å². The van der Waals surface area contributed by atoms with E-state index in [4.69, 9.17) is 21.1 Å². The summed E-state index contributed by atoms with van der Waals surface area (Å²) < 4.78 is 11.1. The molecule has 5 heteroatoms. The van der Waals surface area contributed by atoms with Crippen LogP contribution < -0.4 is 9.47 Å². The lowest BCUT2D eigenvalue weighted by atomic mass is 9.78. The predicted molar refractivity (Wildman–Crippen MR) is 99.8 cm³/mol. The molecule has 0 spiro atoms. The number of nitrogens with zero attached hydrogens (tertiary/aromatic N) is 1. The van der Waals surface area contributed by atoms with Crippen molar-refractivity contribution in [2.24, 2.45) is 5.92 Å². The van der Waals surface area contributed by atoms with E-state index in [0.717, 1.165) is 25.8 Å². The highest BCUT2D eigenvalue weighted by molar-refractivity contribution is 6.32. The second-order valence-electron chi connectivity index (χ2n) is 7.09. The molecular weight excluding hydrogens is 338 g/mol. The largest absolute Gasteiger partial charge is 0.493 e. The van der Waals surface area contributed by atoms with Gasteiger partial charge >= 0.3 is 0 Å². The normalized spacial score (nSPS) is 23.1. The van der Waals surface area contributed by atoms with Crippen LogP contribution >= 0.6 is 11.6 Å². The highest BCUT2D eigenvalue weighted by Gasteiger charge is 2.36. The van der Waals surface area contributed by atoms with Crippen LogP contribution in [0.15, 0.2) is 12.1 Å². The van der Waals surface area contributed by atoms with Gasteiger partial charge in [0.05, 0.1) is 18.7 Å². The Morgan fingerprint density at radius 2 is 2.00 bits per heavy atom. The van der Waals surface area contributed by atoms with Crippen LogP contribution in [0.1, 0.15) is 62.2 Å². The number of rotatable bonds is 5. The summed E-state index contributed by atoms with van der Waals surface area (Å²) >= 11 is 6.39. The lowest BCUT2D eigenvalue weighted by Gasteiger charge is -2.44. The fourth-order valence-electron chi connectivity index (χ4n) is 4.23. The smallest absolute Gasteiger partial charge is 0.254 e. The van der Waals surface area contributed by atoms with Gasteiger partial charge in [0.2, 0.25) is 0 Å². The lowest BCUT2D eigenvalue weighted by molar-refractivity contribution is 0.0390. The van der Waals surface area contributed by atoms with Crippen molar-refractivity contribution in [1.29, 1.82) is 0 Å². The summed E-state index contributed by atoms with van der Waals surface area (Å²) in [6, 6.07) is 3.88. The van der Waals surface area contributed by atoms with Crippen molar-refractivity contribution in [2.45, 2.75) is 57.9 Å². The third kappa shape index (κ3) is 3.89. The number of likely N-dealkylation sites (tertiary alicyclic amines) is 1. The van der Waals surface area contributed by atoms with E-state index in [1.807, 2.05) is 6.92 Å². The van der Waals surface area contributed by atoms with Crippen LogP contribution in [0.25, 0.3) is 0 Å².